The largest absolute Gasteiger partial charge is 0.394 e. The number of aliphatic hydroxyl groups is 1. The Morgan fingerprint density at radius 1 is 1.40 bits per heavy atom. The van der Waals surface area contributed by atoms with Crippen LogP contribution in [-0.4, -0.2) is 60.5 Å². The molecule has 2 fully saturated rings. The first-order chi connectivity index (χ1) is 9.69. The highest BCUT2D eigenvalue weighted by molar-refractivity contribution is 4.96. The lowest BCUT2D eigenvalue weighted by Gasteiger charge is -2.44. The van der Waals surface area contributed by atoms with Gasteiger partial charge in [0, 0.05) is 31.3 Å². The van der Waals surface area contributed by atoms with E-state index in [4.69, 9.17) is 4.74 Å². The molecular weight excluding hydrogens is 252 g/mol. The van der Waals surface area contributed by atoms with E-state index in [2.05, 4.69) is 24.1 Å². The summed E-state index contributed by atoms with van der Waals surface area (Å²) >= 11 is 0. The van der Waals surface area contributed by atoms with E-state index < -0.39 is 0 Å². The Hall–Kier alpha value is -0.160. The van der Waals surface area contributed by atoms with Crippen molar-refractivity contribution in [2.75, 3.05) is 32.8 Å². The highest BCUT2D eigenvalue weighted by atomic mass is 16.5. The van der Waals surface area contributed by atoms with Crippen molar-refractivity contribution in [3.05, 3.63) is 0 Å². The molecule has 4 nitrogen and oxygen atoms in total. The van der Waals surface area contributed by atoms with Crippen molar-refractivity contribution in [1.82, 2.24) is 10.2 Å². The fraction of sp³-hybridized carbons (Fsp3) is 1.00. The predicted octanol–water partition coefficient (Wildman–Crippen LogP) is 1.77. The van der Waals surface area contributed by atoms with E-state index in [1.165, 1.54) is 12.8 Å². The summed E-state index contributed by atoms with van der Waals surface area (Å²) in [7, 11) is 0. The average Bonchev–Trinajstić information content (AvgIpc) is 2.70. The number of aliphatic hydroxyl groups excluding tert-OH is 1. The van der Waals surface area contributed by atoms with Crippen molar-refractivity contribution < 1.29 is 9.84 Å². The maximum absolute atomic E-state index is 9.89. The molecular formula is C16H32N2O2. The molecule has 0 bridgehead atoms. The fourth-order valence-electron chi connectivity index (χ4n) is 3.75. The van der Waals surface area contributed by atoms with Crippen LogP contribution in [0.4, 0.5) is 0 Å². The fourth-order valence-corrected chi connectivity index (χ4v) is 3.75. The van der Waals surface area contributed by atoms with Gasteiger partial charge >= 0.3 is 0 Å². The molecule has 0 aromatic heterocycles. The van der Waals surface area contributed by atoms with Gasteiger partial charge in [0.2, 0.25) is 0 Å². The van der Waals surface area contributed by atoms with E-state index in [-0.39, 0.29) is 12.1 Å². The van der Waals surface area contributed by atoms with Crippen LogP contribution in [0.15, 0.2) is 0 Å². The molecule has 2 N–H and O–H groups in total. The van der Waals surface area contributed by atoms with Crippen LogP contribution in [0.5, 0.6) is 0 Å². The van der Waals surface area contributed by atoms with E-state index in [9.17, 15) is 5.11 Å². The van der Waals surface area contributed by atoms with Gasteiger partial charge in [0.1, 0.15) is 0 Å². The van der Waals surface area contributed by atoms with Crippen molar-refractivity contribution >= 4 is 0 Å². The zero-order valence-electron chi connectivity index (χ0n) is 13.2. The van der Waals surface area contributed by atoms with Crippen LogP contribution in [0.2, 0.25) is 0 Å². The van der Waals surface area contributed by atoms with E-state index in [1.54, 1.807) is 0 Å². The number of ether oxygens (including phenoxy) is 1. The van der Waals surface area contributed by atoms with Gasteiger partial charge in [0.25, 0.3) is 0 Å². The van der Waals surface area contributed by atoms with Crippen LogP contribution < -0.4 is 5.32 Å². The monoisotopic (exact) mass is 284 g/mol. The Balaban J connectivity index is 1.97. The zero-order valence-corrected chi connectivity index (χ0v) is 13.2. The Labute approximate surface area is 123 Å². The van der Waals surface area contributed by atoms with Gasteiger partial charge in [0.15, 0.2) is 0 Å². The zero-order chi connectivity index (χ0) is 14.4. The minimum absolute atomic E-state index is 0.0463. The summed E-state index contributed by atoms with van der Waals surface area (Å²) in [5.74, 6) is 0. The molecule has 1 saturated heterocycles. The first kappa shape index (κ1) is 16.2. The molecule has 0 aromatic rings. The van der Waals surface area contributed by atoms with E-state index in [0.29, 0.717) is 12.1 Å². The van der Waals surface area contributed by atoms with Crippen LogP contribution >= 0.6 is 0 Å². The molecule has 1 aliphatic carbocycles. The molecule has 0 radical (unpaired) electrons. The molecule has 3 unspecified atom stereocenters. The summed E-state index contributed by atoms with van der Waals surface area (Å²) in [6.45, 7) is 8.71. The van der Waals surface area contributed by atoms with Crippen LogP contribution in [0.25, 0.3) is 0 Å². The van der Waals surface area contributed by atoms with Crippen LogP contribution in [0, 0.1) is 0 Å². The predicted molar refractivity (Wildman–Crippen MR) is 82.0 cm³/mol. The molecule has 118 valence electrons. The van der Waals surface area contributed by atoms with Crippen LogP contribution in [0.1, 0.15) is 52.4 Å². The molecule has 1 aliphatic heterocycles. The van der Waals surface area contributed by atoms with Gasteiger partial charge in [-0.15, -0.1) is 0 Å². The quantitative estimate of drug-likeness (QED) is 0.807. The Bertz CT molecular complexity index is 288. The van der Waals surface area contributed by atoms with Gasteiger partial charge in [-0.05, 0) is 52.0 Å². The smallest absolute Gasteiger partial charge is 0.0674 e. The van der Waals surface area contributed by atoms with Gasteiger partial charge in [0.05, 0.1) is 12.7 Å². The number of nitrogens with one attached hydrogen (secondary N) is 1. The molecule has 0 aromatic carbocycles. The first-order valence-electron chi connectivity index (χ1n) is 8.40. The normalized spacial score (nSPS) is 36.8. The lowest BCUT2D eigenvalue weighted by molar-refractivity contribution is 0.0345. The second-order valence-electron chi connectivity index (χ2n) is 6.65. The van der Waals surface area contributed by atoms with Crippen molar-refractivity contribution in [1.29, 1.82) is 0 Å². The second-order valence-corrected chi connectivity index (χ2v) is 6.65. The summed E-state index contributed by atoms with van der Waals surface area (Å²) in [6, 6.07) is 0.601. The van der Waals surface area contributed by atoms with Crippen molar-refractivity contribution in [3.8, 4) is 0 Å². The lowest BCUT2D eigenvalue weighted by Crippen LogP contribution is -2.56. The second kappa shape index (κ2) is 7.74. The summed E-state index contributed by atoms with van der Waals surface area (Å²) < 4.78 is 5.76. The summed E-state index contributed by atoms with van der Waals surface area (Å²) in [5, 5.41) is 13.5. The van der Waals surface area contributed by atoms with Crippen molar-refractivity contribution in [2.45, 2.75) is 70.1 Å². The SMILES string of the molecule is CCCNC1(CO)CCCC(N2CCCOC(C)C2)C1. The van der Waals surface area contributed by atoms with Crippen molar-refractivity contribution in [3.63, 3.8) is 0 Å². The van der Waals surface area contributed by atoms with Gasteiger partial charge in [-0.3, -0.25) is 4.90 Å². The molecule has 3 atom stereocenters. The number of rotatable bonds is 5. The molecule has 2 aliphatic rings. The third kappa shape index (κ3) is 4.17. The van der Waals surface area contributed by atoms with Gasteiger partial charge in [-0.25, -0.2) is 0 Å². The molecule has 2 rings (SSSR count). The van der Waals surface area contributed by atoms with Crippen LogP contribution in [-0.2, 0) is 4.74 Å². The van der Waals surface area contributed by atoms with Crippen molar-refractivity contribution in [2.24, 2.45) is 0 Å². The summed E-state index contributed by atoms with van der Waals surface area (Å²) in [4.78, 5) is 2.61. The van der Waals surface area contributed by atoms with Gasteiger partial charge < -0.3 is 15.2 Å². The average molecular weight is 284 g/mol. The van der Waals surface area contributed by atoms with E-state index in [0.717, 1.165) is 51.9 Å². The summed E-state index contributed by atoms with van der Waals surface area (Å²) in [6.07, 6.45) is 7.27. The van der Waals surface area contributed by atoms with Gasteiger partial charge in [-0.2, -0.15) is 0 Å². The lowest BCUT2D eigenvalue weighted by atomic mass is 9.78. The third-order valence-electron chi connectivity index (χ3n) is 4.87. The van der Waals surface area contributed by atoms with Crippen LogP contribution in [0.3, 0.4) is 0 Å². The Kier molecular flexibility index (Phi) is 6.27. The molecule has 4 heteroatoms. The standard InChI is InChI=1S/C16H32N2O2/c1-3-8-17-16(13-19)7-4-6-15(11-16)18-9-5-10-20-14(2)12-18/h14-15,17,19H,3-13H2,1-2H3. The molecule has 0 spiro atoms. The highest BCUT2D eigenvalue weighted by Crippen LogP contribution is 2.32. The maximum atomic E-state index is 9.89. The summed E-state index contributed by atoms with van der Waals surface area (Å²) in [5.41, 5.74) is -0.0463. The minimum atomic E-state index is -0.0463. The first-order valence-corrected chi connectivity index (χ1v) is 8.40. The van der Waals surface area contributed by atoms with Gasteiger partial charge in [-0.1, -0.05) is 6.92 Å². The number of hydrogen-bond donors (Lipinski definition) is 2. The number of hydrogen-bond acceptors (Lipinski definition) is 4. The minimum Gasteiger partial charge on any atom is -0.394 e. The Morgan fingerprint density at radius 2 is 2.25 bits per heavy atom. The maximum Gasteiger partial charge on any atom is 0.0674 e. The van der Waals surface area contributed by atoms with E-state index >= 15 is 0 Å². The number of nitrogens with zero attached hydrogens (tertiary/aromatic N) is 1. The molecule has 1 saturated carbocycles. The Morgan fingerprint density at radius 3 is 3.00 bits per heavy atom. The van der Waals surface area contributed by atoms with E-state index in [1.807, 2.05) is 0 Å². The molecule has 20 heavy (non-hydrogen) atoms. The highest BCUT2D eigenvalue weighted by Gasteiger charge is 2.37. The third-order valence-corrected chi connectivity index (χ3v) is 4.87. The molecule has 1 heterocycles. The molecule has 0 amide bonds. The topological polar surface area (TPSA) is 44.7 Å².